The highest BCUT2D eigenvalue weighted by atomic mass is 19.1. The first-order valence-electron chi connectivity index (χ1n) is 5.86. The number of piperidine rings is 1. The van der Waals surface area contributed by atoms with Crippen LogP contribution in [0.1, 0.15) is 23.2 Å². The van der Waals surface area contributed by atoms with Gasteiger partial charge in [0, 0.05) is 25.3 Å². The van der Waals surface area contributed by atoms with Crippen LogP contribution >= 0.6 is 0 Å². The third-order valence-corrected chi connectivity index (χ3v) is 3.16. The second-order valence-corrected chi connectivity index (χ2v) is 4.45. The number of hydrogen-bond acceptors (Lipinski definition) is 2. The van der Waals surface area contributed by atoms with Crippen LogP contribution in [0.3, 0.4) is 0 Å². The van der Waals surface area contributed by atoms with E-state index in [1.165, 1.54) is 24.3 Å². The molecule has 1 aliphatic heterocycles. The highest BCUT2D eigenvalue weighted by Crippen LogP contribution is 2.18. The summed E-state index contributed by atoms with van der Waals surface area (Å²) >= 11 is 0. The minimum atomic E-state index is -0.339. The molecule has 2 rings (SSSR count). The second-order valence-electron chi connectivity index (χ2n) is 4.45. The van der Waals surface area contributed by atoms with Crippen molar-refractivity contribution in [2.45, 2.75) is 12.8 Å². The molecule has 1 N–H and O–H groups in total. The van der Waals surface area contributed by atoms with Crippen LogP contribution in [0, 0.1) is 11.7 Å². The molecule has 1 amide bonds. The molecule has 1 atom stereocenters. The van der Waals surface area contributed by atoms with E-state index in [0.29, 0.717) is 18.7 Å². The van der Waals surface area contributed by atoms with Crippen molar-refractivity contribution in [2.75, 3.05) is 19.7 Å². The average Bonchev–Trinajstić information content (AvgIpc) is 2.39. The van der Waals surface area contributed by atoms with Crippen molar-refractivity contribution in [1.29, 1.82) is 0 Å². The van der Waals surface area contributed by atoms with Gasteiger partial charge in [0.15, 0.2) is 0 Å². The van der Waals surface area contributed by atoms with Gasteiger partial charge in [0.1, 0.15) is 5.82 Å². The summed E-state index contributed by atoms with van der Waals surface area (Å²) in [5.74, 6) is -0.246. The van der Waals surface area contributed by atoms with E-state index in [0.717, 1.165) is 12.8 Å². The van der Waals surface area contributed by atoms with Crippen molar-refractivity contribution < 1.29 is 14.3 Å². The fraction of sp³-hybridized carbons (Fsp3) is 0.462. The molecule has 0 aromatic heterocycles. The first-order chi connectivity index (χ1) is 8.20. The third kappa shape index (κ3) is 2.82. The van der Waals surface area contributed by atoms with Crippen molar-refractivity contribution in [1.82, 2.24) is 4.90 Å². The van der Waals surface area contributed by atoms with Gasteiger partial charge in [0.25, 0.3) is 5.91 Å². The lowest BCUT2D eigenvalue weighted by molar-refractivity contribution is 0.0620. The molecule has 0 aliphatic carbocycles. The topological polar surface area (TPSA) is 40.5 Å². The zero-order chi connectivity index (χ0) is 12.3. The van der Waals surface area contributed by atoms with Crippen LogP contribution in [0.2, 0.25) is 0 Å². The molecule has 0 spiro atoms. The zero-order valence-corrected chi connectivity index (χ0v) is 9.60. The van der Waals surface area contributed by atoms with Crippen LogP contribution in [-0.4, -0.2) is 35.6 Å². The molecule has 1 aromatic rings. The number of carbonyl (C=O) groups is 1. The van der Waals surface area contributed by atoms with Crippen LogP contribution in [-0.2, 0) is 0 Å². The number of benzene rings is 1. The van der Waals surface area contributed by atoms with Crippen molar-refractivity contribution >= 4 is 5.91 Å². The van der Waals surface area contributed by atoms with E-state index in [4.69, 9.17) is 5.11 Å². The van der Waals surface area contributed by atoms with Crippen molar-refractivity contribution in [2.24, 2.45) is 5.92 Å². The minimum absolute atomic E-state index is 0.0804. The van der Waals surface area contributed by atoms with Gasteiger partial charge in [-0.3, -0.25) is 4.79 Å². The van der Waals surface area contributed by atoms with Crippen LogP contribution in [0.25, 0.3) is 0 Å². The summed E-state index contributed by atoms with van der Waals surface area (Å²) in [5, 5.41) is 9.11. The lowest BCUT2D eigenvalue weighted by atomic mass is 9.98. The minimum Gasteiger partial charge on any atom is -0.396 e. The molecule has 1 aromatic carbocycles. The summed E-state index contributed by atoms with van der Waals surface area (Å²) in [6.45, 7) is 1.42. The van der Waals surface area contributed by atoms with Gasteiger partial charge in [-0.1, -0.05) is 0 Å². The first-order valence-corrected chi connectivity index (χ1v) is 5.86. The Morgan fingerprint density at radius 1 is 1.41 bits per heavy atom. The molecular formula is C13H16FNO2. The fourth-order valence-electron chi connectivity index (χ4n) is 2.17. The molecular weight excluding hydrogens is 221 g/mol. The van der Waals surface area contributed by atoms with Crippen LogP contribution < -0.4 is 0 Å². The molecule has 4 heteroatoms. The van der Waals surface area contributed by atoms with Crippen LogP contribution in [0.15, 0.2) is 24.3 Å². The van der Waals surface area contributed by atoms with Crippen molar-refractivity contribution in [3.8, 4) is 0 Å². The van der Waals surface area contributed by atoms with Crippen molar-refractivity contribution in [3.63, 3.8) is 0 Å². The normalized spacial score (nSPS) is 20.4. The summed E-state index contributed by atoms with van der Waals surface area (Å²) < 4.78 is 12.8. The van der Waals surface area contributed by atoms with E-state index in [1.807, 2.05) is 0 Å². The van der Waals surface area contributed by atoms with E-state index in [9.17, 15) is 9.18 Å². The summed E-state index contributed by atoms with van der Waals surface area (Å²) in [6, 6.07) is 5.59. The maximum atomic E-state index is 12.8. The summed E-state index contributed by atoms with van der Waals surface area (Å²) in [7, 11) is 0. The van der Waals surface area contributed by atoms with E-state index >= 15 is 0 Å². The van der Waals surface area contributed by atoms with Gasteiger partial charge in [-0.05, 0) is 43.0 Å². The molecule has 1 fully saturated rings. The number of aliphatic hydroxyl groups is 1. The molecule has 0 saturated carbocycles. The van der Waals surface area contributed by atoms with Gasteiger partial charge >= 0.3 is 0 Å². The number of likely N-dealkylation sites (tertiary alicyclic amines) is 1. The molecule has 0 radical (unpaired) electrons. The molecule has 0 unspecified atom stereocenters. The van der Waals surface area contributed by atoms with Crippen LogP contribution in [0.5, 0.6) is 0 Å². The Morgan fingerprint density at radius 3 is 2.76 bits per heavy atom. The Balaban J connectivity index is 2.06. The predicted molar refractivity (Wildman–Crippen MR) is 62.1 cm³/mol. The van der Waals surface area contributed by atoms with E-state index < -0.39 is 0 Å². The maximum Gasteiger partial charge on any atom is 0.253 e. The average molecular weight is 237 g/mol. The summed E-state index contributed by atoms with van der Waals surface area (Å²) in [4.78, 5) is 13.8. The SMILES string of the molecule is O=C(c1ccc(F)cc1)N1CCC[C@H](CO)C1. The number of nitrogens with zero attached hydrogens (tertiary/aromatic N) is 1. The van der Waals surface area contributed by atoms with Crippen molar-refractivity contribution in [3.05, 3.63) is 35.6 Å². The van der Waals surface area contributed by atoms with Gasteiger partial charge < -0.3 is 10.0 Å². The predicted octanol–water partition coefficient (Wildman–Crippen LogP) is 1.67. The Kier molecular flexibility index (Phi) is 3.74. The highest BCUT2D eigenvalue weighted by molar-refractivity contribution is 5.94. The fourth-order valence-corrected chi connectivity index (χ4v) is 2.17. The first kappa shape index (κ1) is 12.0. The third-order valence-electron chi connectivity index (χ3n) is 3.16. The number of amides is 1. The second kappa shape index (κ2) is 5.27. The molecule has 1 saturated heterocycles. The van der Waals surface area contributed by atoms with Gasteiger partial charge in [-0.2, -0.15) is 0 Å². The zero-order valence-electron chi connectivity index (χ0n) is 9.60. The molecule has 1 heterocycles. The Labute approximate surface area is 99.9 Å². The number of halogens is 1. The number of rotatable bonds is 2. The van der Waals surface area contributed by atoms with Gasteiger partial charge in [0.05, 0.1) is 0 Å². The Bertz CT molecular complexity index is 391. The Morgan fingerprint density at radius 2 is 2.12 bits per heavy atom. The molecule has 3 nitrogen and oxygen atoms in total. The van der Waals surface area contributed by atoms with E-state index in [2.05, 4.69) is 0 Å². The monoisotopic (exact) mass is 237 g/mol. The maximum absolute atomic E-state index is 12.8. The molecule has 17 heavy (non-hydrogen) atoms. The smallest absolute Gasteiger partial charge is 0.253 e. The number of carbonyl (C=O) groups excluding carboxylic acids is 1. The highest BCUT2D eigenvalue weighted by Gasteiger charge is 2.23. The Hall–Kier alpha value is -1.42. The quantitative estimate of drug-likeness (QED) is 0.850. The number of aliphatic hydroxyl groups excluding tert-OH is 1. The lowest BCUT2D eigenvalue weighted by Crippen LogP contribution is -2.40. The largest absolute Gasteiger partial charge is 0.396 e. The standard InChI is InChI=1S/C13H16FNO2/c14-12-5-3-11(4-6-12)13(17)15-7-1-2-10(8-15)9-16/h3-6,10,16H,1-2,7-9H2/t10-/m0/s1. The molecule has 1 aliphatic rings. The van der Waals surface area contributed by atoms with E-state index in [1.54, 1.807) is 4.90 Å². The molecule has 0 bridgehead atoms. The summed E-state index contributed by atoms with van der Waals surface area (Å²) in [6.07, 6.45) is 1.88. The van der Waals surface area contributed by atoms with Gasteiger partial charge in [-0.25, -0.2) is 4.39 Å². The number of hydrogen-bond donors (Lipinski definition) is 1. The summed E-state index contributed by atoms with van der Waals surface area (Å²) in [5.41, 5.74) is 0.505. The lowest BCUT2D eigenvalue weighted by Gasteiger charge is -2.31. The van der Waals surface area contributed by atoms with Gasteiger partial charge in [0.2, 0.25) is 0 Å². The van der Waals surface area contributed by atoms with Gasteiger partial charge in [-0.15, -0.1) is 0 Å². The van der Waals surface area contributed by atoms with E-state index in [-0.39, 0.29) is 24.2 Å². The van der Waals surface area contributed by atoms with Crippen LogP contribution in [0.4, 0.5) is 4.39 Å². The molecule has 92 valence electrons.